The number of rotatable bonds is 7. The Labute approximate surface area is 149 Å². The number of nitro groups is 1. The number of hydrogen-bond acceptors (Lipinski definition) is 4. The van der Waals surface area contributed by atoms with Gasteiger partial charge in [0.2, 0.25) is 5.91 Å². The average Bonchev–Trinajstić information content (AvgIpc) is 2.56. The van der Waals surface area contributed by atoms with Gasteiger partial charge in [0, 0.05) is 24.2 Å². The fourth-order valence-corrected chi connectivity index (χ4v) is 3.44. The maximum atomic E-state index is 12.3. The Hall–Kier alpha value is -1.95. The molecule has 1 saturated heterocycles. The van der Waals surface area contributed by atoms with Crippen LogP contribution in [0, 0.1) is 22.0 Å². The maximum Gasteiger partial charge on any atom is 0.273 e. The van der Waals surface area contributed by atoms with Gasteiger partial charge in [-0.25, -0.2) is 0 Å². The van der Waals surface area contributed by atoms with Crippen LogP contribution in [-0.2, 0) is 11.2 Å². The summed E-state index contributed by atoms with van der Waals surface area (Å²) in [5, 5.41) is 14.0. The van der Waals surface area contributed by atoms with Crippen molar-refractivity contribution in [1.29, 1.82) is 0 Å². The summed E-state index contributed by atoms with van der Waals surface area (Å²) in [7, 11) is 0. The van der Waals surface area contributed by atoms with E-state index >= 15 is 0 Å². The molecule has 1 aromatic carbocycles. The van der Waals surface area contributed by atoms with Gasteiger partial charge in [-0.3, -0.25) is 19.8 Å². The summed E-state index contributed by atoms with van der Waals surface area (Å²) in [5.41, 5.74) is 0.459. The third-order valence-corrected chi connectivity index (χ3v) is 5.10. The molecule has 1 aliphatic rings. The molecule has 1 N–H and O–H groups in total. The first-order chi connectivity index (χ1) is 11.9. The number of nitrogens with zero attached hydrogens (tertiary/aromatic N) is 2. The second-order valence-corrected chi connectivity index (χ2v) is 7.40. The quantitative estimate of drug-likeness (QED) is 0.608. The lowest BCUT2D eigenvalue weighted by molar-refractivity contribution is -0.385. The number of carbonyl (C=O) groups excluding carboxylic acids is 1. The summed E-state index contributed by atoms with van der Waals surface area (Å²) < 4.78 is 0. The molecule has 0 aliphatic carbocycles. The zero-order valence-electron chi connectivity index (χ0n) is 15.4. The first kappa shape index (κ1) is 19.4. The van der Waals surface area contributed by atoms with E-state index in [0.29, 0.717) is 24.1 Å². The number of nitro benzene ring substituents is 1. The van der Waals surface area contributed by atoms with E-state index in [1.54, 1.807) is 18.2 Å². The zero-order chi connectivity index (χ0) is 18.4. The largest absolute Gasteiger partial charge is 0.354 e. The minimum Gasteiger partial charge on any atom is -0.354 e. The number of para-hydroxylation sites is 1. The predicted octanol–water partition coefficient (Wildman–Crippen LogP) is 3.01. The Kier molecular flexibility index (Phi) is 6.93. The van der Waals surface area contributed by atoms with Gasteiger partial charge in [0.05, 0.1) is 11.3 Å². The lowest BCUT2D eigenvalue weighted by Gasteiger charge is -2.38. The number of carbonyl (C=O) groups is 1. The van der Waals surface area contributed by atoms with Gasteiger partial charge in [0.25, 0.3) is 5.69 Å². The van der Waals surface area contributed by atoms with Crippen molar-refractivity contribution in [2.45, 2.75) is 46.1 Å². The Morgan fingerprint density at radius 3 is 2.56 bits per heavy atom. The SMILES string of the molecule is CC1CCN([C@@H](CNC(=O)Cc2ccccc2[N+](=O)[O-])C(C)C)CC1. The summed E-state index contributed by atoms with van der Waals surface area (Å²) >= 11 is 0. The van der Waals surface area contributed by atoms with Gasteiger partial charge >= 0.3 is 0 Å². The van der Waals surface area contributed by atoms with Crippen molar-refractivity contribution in [2.75, 3.05) is 19.6 Å². The molecule has 0 bridgehead atoms. The summed E-state index contributed by atoms with van der Waals surface area (Å²) in [4.78, 5) is 25.4. The molecule has 0 unspecified atom stereocenters. The van der Waals surface area contributed by atoms with E-state index in [-0.39, 0.29) is 18.0 Å². The number of likely N-dealkylation sites (tertiary alicyclic amines) is 1. The van der Waals surface area contributed by atoms with Crippen molar-refractivity contribution in [1.82, 2.24) is 10.2 Å². The molecule has 6 heteroatoms. The normalized spacial score (nSPS) is 17.4. The highest BCUT2D eigenvalue weighted by atomic mass is 16.6. The van der Waals surface area contributed by atoms with Crippen LogP contribution in [0.2, 0.25) is 0 Å². The fourth-order valence-electron chi connectivity index (χ4n) is 3.44. The summed E-state index contributed by atoms with van der Waals surface area (Å²) in [6.45, 7) is 9.38. The molecule has 2 rings (SSSR count). The average molecular weight is 347 g/mol. The first-order valence-electron chi connectivity index (χ1n) is 9.11. The van der Waals surface area contributed by atoms with Crippen LogP contribution in [0.25, 0.3) is 0 Å². The van der Waals surface area contributed by atoms with Gasteiger partial charge in [0.15, 0.2) is 0 Å². The number of amides is 1. The van der Waals surface area contributed by atoms with Gasteiger partial charge in [-0.05, 0) is 37.8 Å². The van der Waals surface area contributed by atoms with E-state index in [9.17, 15) is 14.9 Å². The molecule has 6 nitrogen and oxygen atoms in total. The van der Waals surface area contributed by atoms with Gasteiger partial charge in [-0.2, -0.15) is 0 Å². The molecule has 0 radical (unpaired) electrons. The first-order valence-corrected chi connectivity index (χ1v) is 9.11. The molecule has 0 aromatic heterocycles. The number of piperidine rings is 1. The van der Waals surface area contributed by atoms with Crippen LogP contribution < -0.4 is 5.32 Å². The molecular formula is C19H29N3O3. The van der Waals surface area contributed by atoms with E-state index in [0.717, 1.165) is 19.0 Å². The van der Waals surface area contributed by atoms with Crippen LogP contribution in [-0.4, -0.2) is 41.4 Å². The Balaban J connectivity index is 1.92. The summed E-state index contributed by atoms with van der Waals surface area (Å²) in [6, 6.07) is 6.73. The second-order valence-electron chi connectivity index (χ2n) is 7.40. The Morgan fingerprint density at radius 2 is 1.96 bits per heavy atom. The van der Waals surface area contributed by atoms with E-state index in [1.807, 2.05) is 0 Å². The van der Waals surface area contributed by atoms with Crippen molar-refractivity contribution < 1.29 is 9.72 Å². The predicted molar refractivity (Wildman–Crippen MR) is 98.4 cm³/mol. The topological polar surface area (TPSA) is 75.5 Å². The lowest BCUT2D eigenvalue weighted by Crippen LogP contribution is -2.49. The maximum absolute atomic E-state index is 12.3. The molecular weight excluding hydrogens is 318 g/mol. The summed E-state index contributed by atoms with van der Waals surface area (Å²) in [5.74, 6) is 1.06. The van der Waals surface area contributed by atoms with Crippen LogP contribution in [0.5, 0.6) is 0 Å². The van der Waals surface area contributed by atoms with E-state index in [2.05, 4.69) is 31.0 Å². The molecule has 138 valence electrons. The third-order valence-electron chi connectivity index (χ3n) is 5.10. The standard InChI is InChI=1S/C19H29N3O3/c1-14(2)18(21-10-8-15(3)9-11-21)13-20-19(23)12-16-6-4-5-7-17(16)22(24)25/h4-7,14-15,18H,8-13H2,1-3H3,(H,20,23)/t18-/m0/s1. The molecule has 0 spiro atoms. The highest BCUT2D eigenvalue weighted by Gasteiger charge is 2.26. The fraction of sp³-hybridized carbons (Fsp3) is 0.632. The third kappa shape index (κ3) is 5.53. The molecule has 1 atom stereocenters. The van der Waals surface area contributed by atoms with Crippen LogP contribution in [0.3, 0.4) is 0 Å². The smallest absolute Gasteiger partial charge is 0.273 e. The molecule has 1 fully saturated rings. The van der Waals surface area contributed by atoms with Crippen molar-refractivity contribution in [3.63, 3.8) is 0 Å². The minimum atomic E-state index is -0.436. The molecule has 1 aliphatic heterocycles. The van der Waals surface area contributed by atoms with E-state index in [1.165, 1.54) is 18.9 Å². The molecule has 25 heavy (non-hydrogen) atoms. The lowest BCUT2D eigenvalue weighted by atomic mass is 9.94. The van der Waals surface area contributed by atoms with Crippen molar-refractivity contribution in [3.8, 4) is 0 Å². The van der Waals surface area contributed by atoms with Crippen molar-refractivity contribution in [2.24, 2.45) is 11.8 Å². The van der Waals surface area contributed by atoms with Crippen LogP contribution in [0.1, 0.15) is 39.2 Å². The highest BCUT2D eigenvalue weighted by molar-refractivity contribution is 5.79. The monoisotopic (exact) mass is 347 g/mol. The van der Waals surface area contributed by atoms with E-state index in [4.69, 9.17) is 0 Å². The van der Waals surface area contributed by atoms with Gasteiger partial charge < -0.3 is 5.32 Å². The Bertz CT molecular complexity index is 595. The zero-order valence-corrected chi connectivity index (χ0v) is 15.4. The molecule has 0 saturated carbocycles. The minimum absolute atomic E-state index is 0.00285. The number of hydrogen-bond donors (Lipinski definition) is 1. The van der Waals surface area contributed by atoms with Crippen LogP contribution in [0.15, 0.2) is 24.3 Å². The van der Waals surface area contributed by atoms with E-state index < -0.39 is 4.92 Å². The highest BCUT2D eigenvalue weighted by Crippen LogP contribution is 2.21. The number of benzene rings is 1. The molecule has 1 amide bonds. The van der Waals surface area contributed by atoms with Crippen molar-refractivity contribution >= 4 is 11.6 Å². The van der Waals surface area contributed by atoms with Gasteiger partial charge in [-0.1, -0.05) is 39.0 Å². The van der Waals surface area contributed by atoms with Crippen molar-refractivity contribution in [3.05, 3.63) is 39.9 Å². The molecule has 1 aromatic rings. The Morgan fingerprint density at radius 1 is 1.32 bits per heavy atom. The van der Waals surface area contributed by atoms with Crippen LogP contribution in [0.4, 0.5) is 5.69 Å². The van der Waals surface area contributed by atoms with Crippen LogP contribution >= 0.6 is 0 Å². The number of nitrogens with one attached hydrogen (secondary N) is 1. The van der Waals surface area contributed by atoms with Gasteiger partial charge in [0.1, 0.15) is 0 Å². The summed E-state index contributed by atoms with van der Waals surface area (Å²) in [6.07, 6.45) is 2.44. The second kappa shape index (κ2) is 8.94. The molecule has 1 heterocycles. The van der Waals surface area contributed by atoms with Gasteiger partial charge in [-0.15, -0.1) is 0 Å².